The summed E-state index contributed by atoms with van der Waals surface area (Å²) in [5.41, 5.74) is 1.81. The lowest BCUT2D eigenvalue weighted by Crippen LogP contribution is -2.29. The van der Waals surface area contributed by atoms with Crippen molar-refractivity contribution in [2.24, 2.45) is 0 Å². The molecule has 1 N–H and O–H groups in total. The fourth-order valence-corrected chi connectivity index (χ4v) is 4.66. The first-order chi connectivity index (χ1) is 16.4. The molecule has 0 bridgehead atoms. The molecule has 0 fully saturated rings. The first-order valence-corrected chi connectivity index (χ1v) is 11.3. The number of rotatable bonds is 5. The summed E-state index contributed by atoms with van der Waals surface area (Å²) in [5, 5.41) is 10.5. The molecule has 0 saturated carbocycles. The number of phenols is 1. The molecule has 7 nitrogen and oxygen atoms in total. The summed E-state index contributed by atoms with van der Waals surface area (Å²) in [4.78, 5) is 28.8. The molecule has 0 saturated heterocycles. The van der Waals surface area contributed by atoms with Crippen molar-refractivity contribution >= 4 is 32.8 Å². The van der Waals surface area contributed by atoms with Gasteiger partial charge >= 0.3 is 0 Å². The normalized spacial score (nSPS) is 15.0. The maximum atomic E-state index is 13.6. The zero-order chi connectivity index (χ0) is 24.0. The summed E-state index contributed by atoms with van der Waals surface area (Å²) in [6.07, 6.45) is 0. The molecule has 1 amide bonds. The van der Waals surface area contributed by atoms with Crippen LogP contribution < -0.4 is 14.9 Å². The van der Waals surface area contributed by atoms with Gasteiger partial charge in [-0.2, -0.15) is 0 Å². The Kier molecular flexibility index (Phi) is 5.53. The van der Waals surface area contributed by atoms with Crippen LogP contribution >= 0.6 is 15.9 Å². The summed E-state index contributed by atoms with van der Waals surface area (Å²) >= 11 is 3.40. The van der Waals surface area contributed by atoms with Crippen molar-refractivity contribution in [2.45, 2.75) is 12.6 Å². The van der Waals surface area contributed by atoms with Gasteiger partial charge in [0.2, 0.25) is 5.76 Å². The Morgan fingerprint density at radius 1 is 1.00 bits per heavy atom. The van der Waals surface area contributed by atoms with Crippen LogP contribution in [0.15, 0.2) is 74.3 Å². The van der Waals surface area contributed by atoms with Gasteiger partial charge in [0.1, 0.15) is 11.3 Å². The van der Waals surface area contributed by atoms with E-state index in [4.69, 9.17) is 13.9 Å². The number of ether oxygens (including phenoxy) is 2. The molecule has 3 aromatic carbocycles. The zero-order valence-electron chi connectivity index (χ0n) is 18.4. The second kappa shape index (κ2) is 8.53. The van der Waals surface area contributed by atoms with Crippen molar-refractivity contribution in [2.75, 3.05) is 14.2 Å². The summed E-state index contributed by atoms with van der Waals surface area (Å²) in [7, 11) is 3.03. The van der Waals surface area contributed by atoms with E-state index in [1.165, 1.54) is 13.2 Å². The fraction of sp³-hybridized carbons (Fsp3) is 0.154. The monoisotopic (exact) mass is 521 g/mol. The van der Waals surface area contributed by atoms with Crippen LogP contribution in [0.3, 0.4) is 0 Å². The van der Waals surface area contributed by atoms with Gasteiger partial charge in [-0.15, -0.1) is 0 Å². The molecule has 0 aliphatic carbocycles. The molecule has 172 valence electrons. The number of nitrogens with zero attached hydrogens (tertiary/aromatic N) is 1. The number of carbonyl (C=O) groups is 1. The Morgan fingerprint density at radius 2 is 1.76 bits per heavy atom. The number of halogens is 1. The second-order valence-electron chi connectivity index (χ2n) is 7.93. The predicted octanol–water partition coefficient (Wildman–Crippen LogP) is 5.02. The second-order valence-corrected chi connectivity index (χ2v) is 8.85. The van der Waals surface area contributed by atoms with Crippen LogP contribution in [0.4, 0.5) is 0 Å². The van der Waals surface area contributed by atoms with Gasteiger partial charge in [-0.1, -0.05) is 34.1 Å². The molecule has 5 rings (SSSR count). The number of methoxy groups -OCH3 is 2. The van der Waals surface area contributed by atoms with Crippen molar-refractivity contribution in [3.05, 3.63) is 97.8 Å². The van der Waals surface area contributed by atoms with Gasteiger partial charge in [-0.05, 0) is 53.6 Å². The lowest BCUT2D eigenvalue weighted by Gasteiger charge is -2.25. The van der Waals surface area contributed by atoms with E-state index < -0.39 is 6.04 Å². The molecule has 34 heavy (non-hydrogen) atoms. The first-order valence-electron chi connectivity index (χ1n) is 10.5. The number of fused-ring (bicyclic) bond motifs is 2. The Morgan fingerprint density at radius 3 is 2.47 bits per heavy atom. The average Bonchev–Trinajstić information content (AvgIpc) is 3.12. The number of aromatic hydroxyl groups is 1. The predicted molar refractivity (Wildman–Crippen MR) is 130 cm³/mol. The maximum absolute atomic E-state index is 13.6. The van der Waals surface area contributed by atoms with Crippen molar-refractivity contribution in [1.29, 1.82) is 0 Å². The van der Waals surface area contributed by atoms with Gasteiger partial charge in [-0.25, -0.2) is 0 Å². The van der Waals surface area contributed by atoms with Crippen LogP contribution in [0.2, 0.25) is 0 Å². The summed E-state index contributed by atoms with van der Waals surface area (Å²) in [5.74, 6) is 0.547. The van der Waals surface area contributed by atoms with Gasteiger partial charge in [0, 0.05) is 11.0 Å². The van der Waals surface area contributed by atoms with E-state index in [1.54, 1.807) is 42.3 Å². The molecular weight excluding hydrogens is 502 g/mol. The lowest BCUT2D eigenvalue weighted by molar-refractivity contribution is 0.0714. The fourth-order valence-electron chi connectivity index (χ4n) is 4.29. The van der Waals surface area contributed by atoms with E-state index in [0.29, 0.717) is 22.3 Å². The number of hydrogen-bond donors (Lipinski definition) is 1. The van der Waals surface area contributed by atoms with Crippen LogP contribution in [0.1, 0.15) is 33.3 Å². The van der Waals surface area contributed by atoms with Crippen molar-refractivity contribution in [1.82, 2.24) is 4.90 Å². The van der Waals surface area contributed by atoms with Gasteiger partial charge < -0.3 is 23.9 Å². The molecular formula is C26H20BrNO6. The van der Waals surface area contributed by atoms with Crippen LogP contribution in [0, 0.1) is 0 Å². The minimum Gasteiger partial charge on any atom is -0.504 e. The smallest absolute Gasteiger partial charge is 0.291 e. The van der Waals surface area contributed by atoms with Crippen molar-refractivity contribution in [3.63, 3.8) is 0 Å². The minimum atomic E-state index is -0.723. The van der Waals surface area contributed by atoms with E-state index in [-0.39, 0.29) is 40.7 Å². The number of hydrogen-bond acceptors (Lipinski definition) is 6. The van der Waals surface area contributed by atoms with Crippen molar-refractivity contribution in [3.8, 4) is 17.2 Å². The third-order valence-corrected chi connectivity index (χ3v) is 6.45. The number of phenolic OH excluding ortho intramolecular Hbond substituents is 1. The molecule has 0 spiro atoms. The number of amides is 1. The molecule has 0 radical (unpaired) electrons. The molecule has 4 aromatic rings. The average molecular weight is 522 g/mol. The van der Waals surface area contributed by atoms with Crippen molar-refractivity contribution < 1.29 is 23.8 Å². The van der Waals surface area contributed by atoms with Crippen LogP contribution in [-0.2, 0) is 6.54 Å². The Labute approximate surface area is 203 Å². The van der Waals surface area contributed by atoms with E-state index in [2.05, 4.69) is 15.9 Å². The molecule has 1 atom stereocenters. The zero-order valence-corrected chi connectivity index (χ0v) is 20.0. The Balaban J connectivity index is 1.71. The molecule has 1 aromatic heterocycles. The van der Waals surface area contributed by atoms with Gasteiger partial charge in [0.15, 0.2) is 16.9 Å². The SMILES string of the molecule is COc1ccc(CN2C(=O)c3oc4ccc(Br)cc4c(=O)c3C2c2ccc(O)c(OC)c2)cc1. The largest absolute Gasteiger partial charge is 0.504 e. The Hall–Kier alpha value is -3.78. The van der Waals surface area contributed by atoms with Crippen LogP contribution in [0.5, 0.6) is 17.2 Å². The third kappa shape index (κ3) is 3.60. The topological polar surface area (TPSA) is 89.2 Å². The highest BCUT2D eigenvalue weighted by Gasteiger charge is 2.43. The number of benzene rings is 3. The molecule has 8 heteroatoms. The molecule has 1 aliphatic heterocycles. The molecule has 2 heterocycles. The molecule has 1 aliphatic rings. The van der Waals surface area contributed by atoms with E-state index >= 15 is 0 Å². The van der Waals surface area contributed by atoms with Crippen LogP contribution in [0.25, 0.3) is 11.0 Å². The lowest BCUT2D eigenvalue weighted by atomic mass is 9.97. The first kappa shape index (κ1) is 22.0. The third-order valence-electron chi connectivity index (χ3n) is 5.96. The summed E-state index contributed by atoms with van der Waals surface area (Å²) in [6, 6.07) is 16.6. The van der Waals surface area contributed by atoms with Gasteiger partial charge in [0.25, 0.3) is 5.91 Å². The summed E-state index contributed by atoms with van der Waals surface area (Å²) in [6.45, 7) is 0.236. The highest BCUT2D eigenvalue weighted by Crippen LogP contribution is 2.41. The summed E-state index contributed by atoms with van der Waals surface area (Å²) < 4.78 is 17.2. The Bertz CT molecular complexity index is 1480. The van der Waals surface area contributed by atoms with E-state index in [0.717, 1.165) is 10.0 Å². The molecule has 1 unspecified atom stereocenters. The van der Waals surface area contributed by atoms with E-state index in [9.17, 15) is 14.7 Å². The van der Waals surface area contributed by atoms with Crippen LogP contribution in [-0.4, -0.2) is 30.1 Å². The maximum Gasteiger partial charge on any atom is 0.291 e. The highest BCUT2D eigenvalue weighted by atomic mass is 79.9. The quantitative estimate of drug-likeness (QED) is 0.396. The minimum absolute atomic E-state index is 0.0189. The van der Waals surface area contributed by atoms with Gasteiger partial charge in [0.05, 0.1) is 31.2 Å². The van der Waals surface area contributed by atoms with Gasteiger partial charge in [-0.3, -0.25) is 9.59 Å². The standard InChI is InChI=1S/C26H20BrNO6/c1-32-17-7-3-14(4-8-17)13-28-23(15-5-9-19(29)21(11-15)33-2)22-24(30)18-12-16(27)6-10-20(18)34-25(22)26(28)31/h3-12,23,29H,13H2,1-2H3. The van der Waals surface area contributed by atoms with E-state index in [1.807, 2.05) is 24.3 Å². The number of carbonyl (C=O) groups excluding carboxylic acids is 1. The highest BCUT2D eigenvalue weighted by molar-refractivity contribution is 9.10.